The molecule has 3 rings (SSSR count). The number of nitrogens with two attached hydrogens (primary N) is 1. The quantitative estimate of drug-likeness (QED) is 0.257. The monoisotopic (exact) mass is 394 g/mol. The van der Waals surface area contributed by atoms with Crippen LogP contribution in [0.15, 0.2) is 40.8 Å². The Bertz CT molecular complexity index is 854. The van der Waals surface area contributed by atoms with Crippen LogP contribution in [0.1, 0.15) is 36.2 Å². The Kier molecular flexibility index (Phi) is 6.87. The third-order valence-electron chi connectivity index (χ3n) is 5.14. The van der Waals surface area contributed by atoms with Crippen LogP contribution < -0.4 is 10.7 Å². The van der Waals surface area contributed by atoms with E-state index in [9.17, 15) is 0 Å². The molecule has 1 aliphatic rings. The van der Waals surface area contributed by atoms with E-state index in [0.717, 1.165) is 61.7 Å². The van der Waals surface area contributed by atoms with E-state index < -0.39 is 0 Å². The van der Waals surface area contributed by atoms with Crippen molar-refractivity contribution in [2.45, 2.75) is 33.7 Å². The molecule has 154 valence electrons. The molecule has 1 fully saturated rings. The van der Waals surface area contributed by atoms with Gasteiger partial charge < -0.3 is 10.7 Å². The van der Waals surface area contributed by atoms with E-state index in [0.29, 0.717) is 5.92 Å². The van der Waals surface area contributed by atoms with Gasteiger partial charge in [0.05, 0.1) is 5.69 Å². The Morgan fingerprint density at radius 2 is 2.00 bits per heavy atom. The van der Waals surface area contributed by atoms with Crippen LogP contribution in [0, 0.1) is 18.3 Å². The third-order valence-corrected chi connectivity index (χ3v) is 5.14. The average Bonchev–Trinajstić information content (AvgIpc) is 2.68. The van der Waals surface area contributed by atoms with E-state index in [1.54, 1.807) is 6.20 Å². The van der Waals surface area contributed by atoms with Crippen LogP contribution >= 0.6 is 0 Å². The average molecular weight is 395 g/mol. The van der Waals surface area contributed by atoms with Crippen LogP contribution in [0.4, 0.5) is 5.69 Å². The molecule has 0 atom stereocenters. The van der Waals surface area contributed by atoms with E-state index in [-0.39, 0.29) is 5.84 Å². The Hall–Kier alpha value is -2.87. The highest BCUT2D eigenvalue weighted by atomic mass is 15.3. The van der Waals surface area contributed by atoms with Crippen LogP contribution in [0.5, 0.6) is 0 Å². The van der Waals surface area contributed by atoms with Crippen molar-refractivity contribution in [3.8, 4) is 0 Å². The zero-order valence-electron chi connectivity index (χ0n) is 17.5. The Labute approximate surface area is 172 Å². The van der Waals surface area contributed by atoms with E-state index in [4.69, 9.17) is 11.3 Å². The summed E-state index contributed by atoms with van der Waals surface area (Å²) in [5, 5.41) is 23.6. The number of rotatable bonds is 6. The maximum absolute atomic E-state index is 8.34. The summed E-state index contributed by atoms with van der Waals surface area (Å²) in [6, 6.07) is 8.30. The first kappa shape index (κ1) is 20.9. The summed E-state index contributed by atoms with van der Waals surface area (Å²) < 4.78 is 0. The van der Waals surface area contributed by atoms with Gasteiger partial charge in [0.2, 0.25) is 0 Å². The maximum Gasteiger partial charge on any atom is 0.178 e. The van der Waals surface area contributed by atoms with Crippen molar-refractivity contribution >= 4 is 11.5 Å². The number of anilines is 1. The number of hydrogen-bond donors (Lipinski definition) is 2. The highest BCUT2D eigenvalue weighted by Crippen LogP contribution is 2.29. The first-order chi connectivity index (χ1) is 14.0. The normalized spacial score (nSPS) is 15.4. The fourth-order valence-corrected chi connectivity index (χ4v) is 3.89. The number of aryl methyl sites for hydroxylation is 1. The molecule has 0 radical (unpaired) electrons. The van der Waals surface area contributed by atoms with E-state index in [1.807, 2.05) is 19.1 Å². The first-order valence-electron chi connectivity index (χ1n) is 10.0. The fraction of sp³-hybridized carbons (Fsp3) is 0.476. The van der Waals surface area contributed by atoms with Gasteiger partial charge in [-0.1, -0.05) is 25.1 Å². The Morgan fingerprint density at radius 3 is 2.62 bits per heavy atom. The smallest absolute Gasteiger partial charge is 0.178 e. The number of hydrogen-bond acceptors (Lipinski definition) is 6. The number of benzene rings is 1. The van der Waals surface area contributed by atoms with Crippen LogP contribution in [0.2, 0.25) is 0 Å². The summed E-state index contributed by atoms with van der Waals surface area (Å²) >= 11 is 0. The van der Waals surface area contributed by atoms with Crippen LogP contribution in [0.25, 0.3) is 0 Å². The molecule has 8 nitrogen and oxygen atoms in total. The SMILES string of the molecule is Cc1cc(CC(C)C)cc(N2CCN(Cc3cccnn3)CC2)c1C(=N)/N=N\N. The standard InChI is InChI=1S/C21H30N8/c1-15(2)11-17-12-16(3)20(21(22)26-27-23)19(13-17)29-9-7-28(8-10-29)14-18-5-4-6-24-25-18/h4-6,12-13,15H,7-11,14H2,1-3H3,(H3,22,23,26). The van der Waals surface area contributed by atoms with Crippen molar-refractivity contribution in [2.75, 3.05) is 31.1 Å². The molecule has 0 bridgehead atoms. The Balaban J connectivity index is 1.81. The molecule has 1 aromatic carbocycles. The molecule has 0 saturated carbocycles. The van der Waals surface area contributed by atoms with Crippen LogP contribution in [-0.2, 0) is 13.0 Å². The van der Waals surface area contributed by atoms with Gasteiger partial charge in [0.1, 0.15) is 0 Å². The lowest BCUT2D eigenvalue weighted by atomic mass is 9.95. The zero-order valence-corrected chi connectivity index (χ0v) is 17.5. The highest BCUT2D eigenvalue weighted by Gasteiger charge is 2.23. The molecular weight excluding hydrogens is 364 g/mol. The van der Waals surface area contributed by atoms with Crippen molar-refractivity contribution in [3.63, 3.8) is 0 Å². The number of aromatic nitrogens is 2. The summed E-state index contributed by atoms with van der Waals surface area (Å²) in [5.41, 5.74) is 5.18. The second kappa shape index (κ2) is 9.56. The number of nitrogens with one attached hydrogen (secondary N) is 1. The molecule has 1 aliphatic heterocycles. The van der Waals surface area contributed by atoms with E-state index >= 15 is 0 Å². The first-order valence-corrected chi connectivity index (χ1v) is 10.0. The summed E-state index contributed by atoms with van der Waals surface area (Å²) in [5.74, 6) is 5.90. The van der Waals surface area contributed by atoms with Gasteiger partial charge in [-0.15, -0.1) is 5.11 Å². The third kappa shape index (κ3) is 5.35. The minimum atomic E-state index is 0.109. The van der Waals surface area contributed by atoms with Crippen LogP contribution in [0.3, 0.4) is 0 Å². The van der Waals surface area contributed by atoms with Crippen LogP contribution in [-0.4, -0.2) is 47.1 Å². The predicted octanol–water partition coefficient (Wildman–Crippen LogP) is 2.96. The molecule has 0 amide bonds. The largest absolute Gasteiger partial charge is 0.368 e. The molecule has 0 spiro atoms. The van der Waals surface area contributed by atoms with Crippen molar-refractivity contribution in [3.05, 3.63) is 52.8 Å². The molecule has 0 aliphatic carbocycles. The molecular formula is C21H30N8. The topological polar surface area (TPSA) is 107 Å². The van der Waals surface area contributed by atoms with Crippen molar-refractivity contribution < 1.29 is 0 Å². The highest BCUT2D eigenvalue weighted by molar-refractivity contribution is 6.03. The second-order valence-electron chi connectivity index (χ2n) is 7.95. The van der Waals surface area contributed by atoms with Gasteiger partial charge in [-0.25, -0.2) is 0 Å². The van der Waals surface area contributed by atoms with Crippen molar-refractivity contribution in [1.82, 2.24) is 15.1 Å². The lowest BCUT2D eigenvalue weighted by Crippen LogP contribution is -2.46. The summed E-state index contributed by atoms with van der Waals surface area (Å²) in [7, 11) is 0. The molecule has 2 aromatic rings. The molecule has 0 unspecified atom stereocenters. The molecule has 2 heterocycles. The van der Waals surface area contributed by atoms with Gasteiger partial charge in [0, 0.05) is 50.2 Å². The van der Waals surface area contributed by atoms with Gasteiger partial charge >= 0.3 is 0 Å². The molecule has 1 aromatic heterocycles. The minimum absolute atomic E-state index is 0.109. The van der Waals surface area contributed by atoms with Crippen molar-refractivity contribution in [1.29, 1.82) is 5.41 Å². The molecule has 3 N–H and O–H groups in total. The van der Waals surface area contributed by atoms with Gasteiger partial charge in [0.25, 0.3) is 0 Å². The lowest BCUT2D eigenvalue weighted by molar-refractivity contribution is 0.246. The number of nitrogens with zero attached hydrogens (tertiary/aromatic N) is 6. The van der Waals surface area contributed by atoms with E-state index in [2.05, 4.69) is 56.3 Å². The van der Waals surface area contributed by atoms with Gasteiger partial charge in [-0.05, 0) is 48.6 Å². The number of piperazine rings is 1. The van der Waals surface area contributed by atoms with E-state index in [1.165, 1.54) is 5.56 Å². The zero-order chi connectivity index (χ0) is 20.8. The van der Waals surface area contributed by atoms with Crippen molar-refractivity contribution in [2.24, 2.45) is 22.1 Å². The molecule has 8 heteroatoms. The van der Waals surface area contributed by atoms with Gasteiger partial charge in [0.15, 0.2) is 5.84 Å². The number of amidine groups is 1. The lowest BCUT2D eigenvalue weighted by Gasteiger charge is -2.37. The maximum atomic E-state index is 8.34. The molecule has 1 saturated heterocycles. The predicted molar refractivity (Wildman–Crippen MR) is 115 cm³/mol. The fourth-order valence-electron chi connectivity index (χ4n) is 3.89. The summed E-state index contributed by atoms with van der Waals surface area (Å²) in [4.78, 5) is 4.73. The summed E-state index contributed by atoms with van der Waals surface area (Å²) in [6.45, 7) is 10.9. The Morgan fingerprint density at radius 1 is 1.24 bits per heavy atom. The second-order valence-corrected chi connectivity index (χ2v) is 7.95. The molecule has 29 heavy (non-hydrogen) atoms. The van der Waals surface area contributed by atoms with Gasteiger partial charge in [-0.2, -0.15) is 10.2 Å². The summed E-state index contributed by atoms with van der Waals surface area (Å²) in [6.07, 6.45) is 2.70. The van der Waals surface area contributed by atoms with Gasteiger partial charge in [-0.3, -0.25) is 10.3 Å². The minimum Gasteiger partial charge on any atom is -0.368 e.